The summed E-state index contributed by atoms with van der Waals surface area (Å²) in [5, 5.41) is 0. The molecule has 1 aromatic carbocycles. The van der Waals surface area contributed by atoms with Crippen LogP contribution in [-0.4, -0.2) is 47.8 Å². The van der Waals surface area contributed by atoms with Crippen LogP contribution < -0.4 is 5.73 Å². The first-order valence-corrected chi connectivity index (χ1v) is 10.4. The van der Waals surface area contributed by atoms with E-state index in [1.54, 1.807) is 0 Å². The number of nitrogens with two attached hydrogens (primary N) is 1. The lowest BCUT2D eigenvalue weighted by atomic mass is 9.90. The smallest absolute Gasteiger partial charge is 0.227 e. The summed E-state index contributed by atoms with van der Waals surface area (Å²) in [6, 6.07) is 9.49. The number of nitrogens with zero attached hydrogens (tertiary/aromatic N) is 2. The number of amides is 2. The summed E-state index contributed by atoms with van der Waals surface area (Å²) in [5.41, 5.74) is 7.31. The van der Waals surface area contributed by atoms with E-state index in [1.807, 2.05) is 47.1 Å². The second-order valence-electron chi connectivity index (χ2n) is 8.36. The summed E-state index contributed by atoms with van der Waals surface area (Å²) >= 11 is 0. The van der Waals surface area contributed by atoms with Crippen LogP contribution in [0.1, 0.15) is 51.1 Å². The molecule has 3 unspecified atom stereocenters. The highest BCUT2D eigenvalue weighted by Crippen LogP contribution is 2.26. The lowest BCUT2D eigenvalue weighted by molar-refractivity contribution is -0.143. The van der Waals surface area contributed by atoms with E-state index in [0.29, 0.717) is 24.9 Å². The lowest BCUT2D eigenvalue weighted by Gasteiger charge is -2.38. The van der Waals surface area contributed by atoms with Crippen molar-refractivity contribution < 1.29 is 9.59 Å². The lowest BCUT2D eigenvalue weighted by Crippen LogP contribution is -2.48. The number of likely N-dealkylation sites (tertiary alicyclic amines) is 2. The fraction of sp³-hybridized carbons (Fsp3) is 0.636. The predicted octanol–water partition coefficient (Wildman–Crippen LogP) is 3.24. The summed E-state index contributed by atoms with van der Waals surface area (Å²) in [7, 11) is 0. The highest BCUT2D eigenvalue weighted by molar-refractivity contribution is 5.85. The fourth-order valence-corrected chi connectivity index (χ4v) is 4.40. The van der Waals surface area contributed by atoms with E-state index < -0.39 is 0 Å². The molecule has 2 fully saturated rings. The third kappa shape index (κ3) is 5.26. The Labute approximate surface area is 175 Å². The van der Waals surface area contributed by atoms with E-state index in [-0.39, 0.29) is 36.2 Å². The molecule has 0 aliphatic carbocycles. The van der Waals surface area contributed by atoms with Crippen LogP contribution in [0.2, 0.25) is 0 Å². The van der Waals surface area contributed by atoms with Crippen LogP contribution in [-0.2, 0) is 9.59 Å². The number of halogens is 1. The standard InChI is InChI=1S/C22H33N3O2.ClH/c1-16-7-6-12-25(15-16)22(27)19-10-13-24(14-11-19)21(26)17(2)20(23)18-8-4-3-5-9-18;/h3-5,8-9,16-17,19-20H,6-7,10-15,23H2,1-2H3;1H. The van der Waals surface area contributed by atoms with E-state index in [9.17, 15) is 9.59 Å². The van der Waals surface area contributed by atoms with E-state index in [2.05, 4.69) is 6.92 Å². The van der Waals surface area contributed by atoms with Crippen molar-refractivity contribution in [2.45, 2.75) is 45.6 Å². The minimum atomic E-state index is -0.298. The minimum absolute atomic E-state index is 0. The molecule has 3 atom stereocenters. The molecule has 2 saturated heterocycles. The highest BCUT2D eigenvalue weighted by atomic mass is 35.5. The van der Waals surface area contributed by atoms with Crippen molar-refractivity contribution in [3.63, 3.8) is 0 Å². The Hall–Kier alpha value is -1.59. The Bertz CT molecular complexity index is 646. The zero-order chi connectivity index (χ0) is 19.4. The van der Waals surface area contributed by atoms with Crippen LogP contribution in [0.3, 0.4) is 0 Å². The van der Waals surface area contributed by atoms with E-state index in [4.69, 9.17) is 5.73 Å². The molecule has 0 radical (unpaired) electrons. The largest absolute Gasteiger partial charge is 0.342 e. The van der Waals surface area contributed by atoms with Gasteiger partial charge < -0.3 is 15.5 Å². The molecule has 0 spiro atoms. The molecule has 6 heteroatoms. The van der Waals surface area contributed by atoms with Gasteiger partial charge in [-0.3, -0.25) is 9.59 Å². The SMILES string of the molecule is CC1CCCN(C(=O)C2CCN(C(=O)C(C)C(N)c3ccccc3)CC2)C1.Cl. The van der Waals surface area contributed by atoms with Gasteiger partial charge in [0, 0.05) is 38.1 Å². The minimum Gasteiger partial charge on any atom is -0.342 e. The van der Waals surface area contributed by atoms with E-state index >= 15 is 0 Å². The normalized spacial score (nSPS) is 22.9. The summed E-state index contributed by atoms with van der Waals surface area (Å²) < 4.78 is 0. The van der Waals surface area contributed by atoms with Crippen molar-refractivity contribution in [2.24, 2.45) is 23.5 Å². The number of benzene rings is 1. The molecule has 5 nitrogen and oxygen atoms in total. The molecule has 0 bridgehead atoms. The first-order chi connectivity index (χ1) is 13.0. The molecule has 2 aliphatic rings. The van der Waals surface area contributed by atoms with Gasteiger partial charge in [-0.2, -0.15) is 0 Å². The van der Waals surface area contributed by atoms with Crippen molar-refractivity contribution in [1.82, 2.24) is 9.80 Å². The molecule has 3 rings (SSSR count). The average molecular weight is 408 g/mol. The maximum absolute atomic E-state index is 12.9. The highest BCUT2D eigenvalue weighted by Gasteiger charge is 2.34. The Kier molecular flexibility index (Phi) is 8.32. The quantitative estimate of drug-likeness (QED) is 0.833. The maximum atomic E-state index is 12.9. The van der Waals surface area contributed by atoms with Crippen molar-refractivity contribution in [2.75, 3.05) is 26.2 Å². The van der Waals surface area contributed by atoms with Crippen LogP contribution in [0.5, 0.6) is 0 Å². The molecular weight excluding hydrogens is 374 g/mol. The van der Waals surface area contributed by atoms with Gasteiger partial charge in [-0.1, -0.05) is 44.2 Å². The van der Waals surface area contributed by atoms with Gasteiger partial charge in [-0.15, -0.1) is 12.4 Å². The number of carbonyl (C=O) groups excluding carboxylic acids is 2. The summed E-state index contributed by atoms with van der Waals surface area (Å²) in [5.74, 6) is 0.802. The predicted molar refractivity (Wildman–Crippen MR) is 114 cm³/mol. The van der Waals surface area contributed by atoms with Crippen LogP contribution >= 0.6 is 12.4 Å². The molecular formula is C22H34ClN3O2. The van der Waals surface area contributed by atoms with Gasteiger partial charge in [-0.05, 0) is 37.2 Å². The van der Waals surface area contributed by atoms with Gasteiger partial charge in [-0.25, -0.2) is 0 Å². The first-order valence-electron chi connectivity index (χ1n) is 10.4. The van der Waals surface area contributed by atoms with Crippen LogP contribution in [0, 0.1) is 17.8 Å². The van der Waals surface area contributed by atoms with Crippen molar-refractivity contribution >= 4 is 24.2 Å². The molecule has 0 aromatic heterocycles. The monoisotopic (exact) mass is 407 g/mol. The average Bonchev–Trinajstić information content (AvgIpc) is 2.72. The molecule has 0 saturated carbocycles. The number of piperidine rings is 2. The third-order valence-electron chi connectivity index (χ3n) is 6.24. The zero-order valence-electron chi connectivity index (χ0n) is 17.0. The van der Waals surface area contributed by atoms with Gasteiger partial charge in [0.2, 0.25) is 11.8 Å². The van der Waals surface area contributed by atoms with Gasteiger partial charge >= 0.3 is 0 Å². The molecule has 2 heterocycles. The number of hydrogen-bond acceptors (Lipinski definition) is 3. The Balaban J connectivity index is 0.00000280. The summed E-state index contributed by atoms with van der Waals surface area (Å²) in [4.78, 5) is 29.6. The number of hydrogen-bond donors (Lipinski definition) is 1. The van der Waals surface area contributed by atoms with Gasteiger partial charge in [0.05, 0.1) is 5.92 Å². The first kappa shape index (κ1) is 22.7. The molecule has 2 amide bonds. The molecule has 2 aliphatic heterocycles. The topological polar surface area (TPSA) is 66.6 Å². The van der Waals surface area contributed by atoms with Crippen LogP contribution in [0.25, 0.3) is 0 Å². The Morgan fingerprint density at radius 2 is 1.68 bits per heavy atom. The van der Waals surface area contributed by atoms with Crippen molar-refractivity contribution in [3.05, 3.63) is 35.9 Å². The second kappa shape index (κ2) is 10.3. The van der Waals surface area contributed by atoms with Gasteiger partial charge in [0.15, 0.2) is 0 Å². The third-order valence-corrected chi connectivity index (χ3v) is 6.24. The molecule has 1 aromatic rings. The summed E-state index contributed by atoms with van der Waals surface area (Å²) in [6.07, 6.45) is 3.86. The zero-order valence-corrected chi connectivity index (χ0v) is 17.9. The second-order valence-corrected chi connectivity index (χ2v) is 8.36. The van der Waals surface area contributed by atoms with E-state index in [0.717, 1.165) is 37.9 Å². The van der Waals surface area contributed by atoms with Gasteiger partial charge in [0.25, 0.3) is 0 Å². The van der Waals surface area contributed by atoms with E-state index in [1.165, 1.54) is 6.42 Å². The Morgan fingerprint density at radius 3 is 2.29 bits per heavy atom. The fourth-order valence-electron chi connectivity index (χ4n) is 4.40. The molecule has 156 valence electrons. The number of carbonyl (C=O) groups is 2. The van der Waals surface area contributed by atoms with Crippen LogP contribution in [0.15, 0.2) is 30.3 Å². The summed E-state index contributed by atoms with van der Waals surface area (Å²) in [6.45, 7) is 7.23. The van der Waals surface area contributed by atoms with Crippen LogP contribution in [0.4, 0.5) is 0 Å². The molecule has 2 N–H and O–H groups in total. The van der Waals surface area contributed by atoms with Crippen molar-refractivity contribution in [1.29, 1.82) is 0 Å². The van der Waals surface area contributed by atoms with Gasteiger partial charge in [0.1, 0.15) is 0 Å². The van der Waals surface area contributed by atoms with Crippen molar-refractivity contribution in [3.8, 4) is 0 Å². The maximum Gasteiger partial charge on any atom is 0.227 e. The number of rotatable bonds is 4. The molecule has 28 heavy (non-hydrogen) atoms. The Morgan fingerprint density at radius 1 is 1.04 bits per heavy atom.